The van der Waals surface area contributed by atoms with E-state index in [9.17, 15) is 4.79 Å². The van der Waals surface area contributed by atoms with Crippen molar-refractivity contribution in [2.45, 2.75) is 38.5 Å². The molecule has 0 aromatic carbocycles. The highest BCUT2D eigenvalue weighted by Crippen LogP contribution is 2.12. The first-order valence-corrected chi connectivity index (χ1v) is 6.54. The summed E-state index contributed by atoms with van der Waals surface area (Å²) in [5.74, 6) is 0.573. The number of ether oxygens (including phenoxy) is 1. The first-order chi connectivity index (χ1) is 8.18. The molecule has 0 radical (unpaired) electrons. The van der Waals surface area contributed by atoms with Gasteiger partial charge in [-0.1, -0.05) is 6.92 Å². The molecule has 0 spiro atoms. The molecular weight excluding hydrogens is 218 g/mol. The van der Waals surface area contributed by atoms with Crippen LogP contribution >= 0.6 is 0 Å². The number of morpholine rings is 1. The lowest BCUT2D eigenvalue weighted by Crippen LogP contribution is -2.59. The standard InChI is InChI=1S/C12H23N3O2/c1-8-7-13-4-3-10(8)15-12(16)11-9(2)17-6-5-14-11/h8-11,13-14H,3-7H2,1-2H3,(H,15,16)/t8?,9-,10?,11+/m1/s1. The average Bonchev–Trinajstić information content (AvgIpc) is 2.32. The monoisotopic (exact) mass is 241 g/mol. The Bertz CT molecular complexity index is 272. The molecule has 2 fully saturated rings. The van der Waals surface area contributed by atoms with E-state index in [-0.39, 0.29) is 18.1 Å². The van der Waals surface area contributed by atoms with Crippen molar-refractivity contribution >= 4 is 5.91 Å². The summed E-state index contributed by atoms with van der Waals surface area (Å²) in [5, 5.41) is 9.70. The molecule has 2 unspecified atom stereocenters. The molecule has 0 aromatic rings. The van der Waals surface area contributed by atoms with Crippen molar-refractivity contribution in [2.75, 3.05) is 26.2 Å². The third-order valence-corrected chi connectivity index (χ3v) is 3.71. The van der Waals surface area contributed by atoms with E-state index in [1.807, 2.05) is 6.92 Å². The molecule has 2 heterocycles. The fourth-order valence-electron chi connectivity index (χ4n) is 2.53. The maximum Gasteiger partial charge on any atom is 0.240 e. The molecule has 17 heavy (non-hydrogen) atoms. The summed E-state index contributed by atoms with van der Waals surface area (Å²) in [4.78, 5) is 12.1. The first-order valence-electron chi connectivity index (χ1n) is 6.54. The Morgan fingerprint density at radius 3 is 2.88 bits per heavy atom. The van der Waals surface area contributed by atoms with Gasteiger partial charge in [-0.25, -0.2) is 0 Å². The van der Waals surface area contributed by atoms with Gasteiger partial charge in [0.25, 0.3) is 0 Å². The van der Waals surface area contributed by atoms with E-state index in [1.54, 1.807) is 0 Å². The molecule has 2 saturated heterocycles. The summed E-state index contributed by atoms with van der Waals surface area (Å²) >= 11 is 0. The Morgan fingerprint density at radius 2 is 2.18 bits per heavy atom. The second-order valence-corrected chi connectivity index (χ2v) is 5.09. The van der Waals surface area contributed by atoms with Gasteiger partial charge in [0.05, 0.1) is 12.7 Å². The van der Waals surface area contributed by atoms with Crippen LogP contribution in [-0.2, 0) is 9.53 Å². The lowest BCUT2D eigenvalue weighted by Gasteiger charge is -2.34. The van der Waals surface area contributed by atoms with Crippen LogP contribution in [0.5, 0.6) is 0 Å². The van der Waals surface area contributed by atoms with Gasteiger partial charge >= 0.3 is 0 Å². The molecule has 5 heteroatoms. The summed E-state index contributed by atoms with van der Waals surface area (Å²) in [6, 6.07) is 0.0884. The van der Waals surface area contributed by atoms with Crippen molar-refractivity contribution in [3.05, 3.63) is 0 Å². The van der Waals surface area contributed by atoms with Crippen LogP contribution in [0, 0.1) is 5.92 Å². The molecule has 2 rings (SSSR count). The normalized spacial score (nSPS) is 38.7. The second kappa shape index (κ2) is 5.80. The summed E-state index contributed by atoms with van der Waals surface area (Å²) < 4.78 is 5.49. The smallest absolute Gasteiger partial charge is 0.240 e. The highest BCUT2D eigenvalue weighted by molar-refractivity contribution is 5.82. The molecule has 0 bridgehead atoms. The number of carbonyl (C=O) groups excluding carboxylic acids is 1. The number of rotatable bonds is 2. The highest BCUT2D eigenvalue weighted by atomic mass is 16.5. The van der Waals surface area contributed by atoms with Crippen LogP contribution in [0.1, 0.15) is 20.3 Å². The minimum absolute atomic E-state index is 0.0410. The van der Waals surface area contributed by atoms with Gasteiger partial charge in [-0.05, 0) is 32.4 Å². The first kappa shape index (κ1) is 12.8. The van der Waals surface area contributed by atoms with Crippen molar-refractivity contribution in [3.63, 3.8) is 0 Å². The zero-order valence-corrected chi connectivity index (χ0v) is 10.7. The van der Waals surface area contributed by atoms with E-state index in [0.717, 1.165) is 26.1 Å². The molecular formula is C12H23N3O2. The molecule has 1 amide bonds. The maximum absolute atomic E-state index is 12.1. The molecule has 3 N–H and O–H groups in total. The number of hydrogen-bond donors (Lipinski definition) is 3. The van der Waals surface area contributed by atoms with Crippen LogP contribution in [0.2, 0.25) is 0 Å². The van der Waals surface area contributed by atoms with Crippen LogP contribution < -0.4 is 16.0 Å². The summed E-state index contributed by atoms with van der Waals surface area (Å²) in [5.41, 5.74) is 0. The Labute approximate surface area is 103 Å². The van der Waals surface area contributed by atoms with Gasteiger partial charge in [-0.15, -0.1) is 0 Å². The molecule has 5 nitrogen and oxygen atoms in total. The van der Waals surface area contributed by atoms with Gasteiger partial charge in [0, 0.05) is 12.6 Å². The zero-order valence-electron chi connectivity index (χ0n) is 10.7. The van der Waals surface area contributed by atoms with Gasteiger partial charge in [0.15, 0.2) is 0 Å². The predicted octanol–water partition coefficient (Wildman–Crippen LogP) is -0.522. The topological polar surface area (TPSA) is 62.4 Å². The summed E-state index contributed by atoms with van der Waals surface area (Å²) in [7, 11) is 0. The molecule has 4 atom stereocenters. The van der Waals surface area contributed by atoms with Crippen LogP contribution in [-0.4, -0.2) is 50.3 Å². The lowest BCUT2D eigenvalue weighted by atomic mass is 9.94. The lowest BCUT2D eigenvalue weighted by molar-refractivity contribution is -0.130. The number of piperidine rings is 1. The quantitative estimate of drug-likeness (QED) is 0.609. The van der Waals surface area contributed by atoms with Crippen LogP contribution in [0.3, 0.4) is 0 Å². The molecule has 0 aromatic heterocycles. The van der Waals surface area contributed by atoms with Crippen molar-refractivity contribution in [3.8, 4) is 0 Å². The van der Waals surface area contributed by atoms with Crippen molar-refractivity contribution < 1.29 is 9.53 Å². The van der Waals surface area contributed by atoms with Crippen LogP contribution in [0.15, 0.2) is 0 Å². The van der Waals surface area contributed by atoms with Gasteiger partial charge in [-0.2, -0.15) is 0 Å². The van der Waals surface area contributed by atoms with E-state index in [4.69, 9.17) is 4.74 Å². The van der Waals surface area contributed by atoms with Gasteiger partial charge in [0.1, 0.15) is 6.04 Å². The van der Waals surface area contributed by atoms with Gasteiger partial charge in [0.2, 0.25) is 5.91 Å². The molecule has 0 aliphatic carbocycles. The number of hydrogen-bond acceptors (Lipinski definition) is 4. The van der Waals surface area contributed by atoms with Gasteiger partial charge in [-0.3, -0.25) is 4.79 Å². The van der Waals surface area contributed by atoms with Crippen LogP contribution in [0.4, 0.5) is 0 Å². The molecule has 2 aliphatic rings. The van der Waals surface area contributed by atoms with Crippen LogP contribution in [0.25, 0.3) is 0 Å². The third kappa shape index (κ3) is 3.18. The Morgan fingerprint density at radius 1 is 1.35 bits per heavy atom. The zero-order chi connectivity index (χ0) is 12.3. The summed E-state index contributed by atoms with van der Waals surface area (Å²) in [6.07, 6.45) is 0.968. The minimum atomic E-state index is -0.203. The highest BCUT2D eigenvalue weighted by Gasteiger charge is 2.31. The largest absolute Gasteiger partial charge is 0.375 e. The number of nitrogens with one attached hydrogen (secondary N) is 3. The van der Waals surface area contributed by atoms with E-state index in [2.05, 4.69) is 22.9 Å². The van der Waals surface area contributed by atoms with E-state index in [1.165, 1.54) is 0 Å². The van der Waals surface area contributed by atoms with E-state index >= 15 is 0 Å². The molecule has 2 aliphatic heterocycles. The van der Waals surface area contributed by atoms with Crippen molar-refractivity contribution in [1.82, 2.24) is 16.0 Å². The molecule has 0 saturated carbocycles. The van der Waals surface area contributed by atoms with Crippen molar-refractivity contribution in [2.24, 2.45) is 5.92 Å². The SMILES string of the molecule is CC1CNCCC1NC(=O)[C@H]1NCCO[C@@H]1C. The fourth-order valence-corrected chi connectivity index (χ4v) is 2.53. The number of carbonyl (C=O) groups is 1. The predicted molar refractivity (Wildman–Crippen MR) is 65.8 cm³/mol. The van der Waals surface area contributed by atoms with E-state index < -0.39 is 0 Å². The molecule has 98 valence electrons. The van der Waals surface area contributed by atoms with Gasteiger partial charge < -0.3 is 20.7 Å². The Hall–Kier alpha value is -0.650. The summed E-state index contributed by atoms with van der Waals surface area (Å²) in [6.45, 7) is 7.53. The second-order valence-electron chi connectivity index (χ2n) is 5.09. The average molecular weight is 241 g/mol. The van der Waals surface area contributed by atoms with E-state index in [0.29, 0.717) is 18.6 Å². The third-order valence-electron chi connectivity index (χ3n) is 3.71. The van der Waals surface area contributed by atoms with Crippen molar-refractivity contribution in [1.29, 1.82) is 0 Å². The minimum Gasteiger partial charge on any atom is -0.375 e. The Kier molecular flexibility index (Phi) is 4.36. The number of amides is 1. The Balaban J connectivity index is 1.86. The fraction of sp³-hybridized carbons (Fsp3) is 0.917. The maximum atomic E-state index is 12.1.